The van der Waals surface area contributed by atoms with E-state index < -0.39 is 10.0 Å². The quantitative estimate of drug-likeness (QED) is 0.817. The first kappa shape index (κ1) is 18.4. The maximum Gasteiger partial charge on any atom is 0.228 e. The Hall–Kier alpha value is -1.93. The predicted molar refractivity (Wildman–Crippen MR) is 103 cm³/mol. The molecule has 1 saturated carbocycles. The molecule has 0 radical (unpaired) electrons. The Kier molecular flexibility index (Phi) is 4.94. The number of carbonyl (C=O) groups excluding carboxylic acids is 1. The van der Waals surface area contributed by atoms with Crippen molar-refractivity contribution in [2.45, 2.75) is 44.9 Å². The summed E-state index contributed by atoms with van der Waals surface area (Å²) < 4.78 is 31.8. The third-order valence-corrected chi connectivity index (χ3v) is 7.25. The number of hydrogen-bond donors (Lipinski definition) is 1. The maximum absolute atomic E-state index is 12.7. The van der Waals surface area contributed by atoms with Crippen LogP contribution in [0.25, 0.3) is 11.1 Å². The molecule has 0 bridgehead atoms. The average Bonchev–Trinajstić information content (AvgIpc) is 3.41. The largest absolute Gasteiger partial charge is 0.440 e. The number of aromatic nitrogens is 1. The number of sulfonamides is 1. The van der Waals surface area contributed by atoms with E-state index in [1.165, 1.54) is 4.31 Å². The summed E-state index contributed by atoms with van der Waals surface area (Å²) in [6.45, 7) is 2.60. The smallest absolute Gasteiger partial charge is 0.228 e. The summed E-state index contributed by atoms with van der Waals surface area (Å²) in [4.78, 5) is 17.2. The van der Waals surface area contributed by atoms with E-state index in [1.807, 2.05) is 19.1 Å². The number of piperidine rings is 1. The van der Waals surface area contributed by atoms with E-state index in [4.69, 9.17) is 4.42 Å². The second-order valence-electron chi connectivity index (χ2n) is 7.51. The van der Waals surface area contributed by atoms with Crippen LogP contribution in [0.2, 0.25) is 0 Å². The van der Waals surface area contributed by atoms with E-state index in [2.05, 4.69) is 10.3 Å². The van der Waals surface area contributed by atoms with E-state index in [9.17, 15) is 13.2 Å². The number of carbonyl (C=O) groups is 1. The van der Waals surface area contributed by atoms with Gasteiger partial charge in [-0.2, -0.15) is 0 Å². The molecule has 1 saturated heterocycles. The van der Waals surface area contributed by atoms with Crippen LogP contribution in [-0.4, -0.2) is 42.5 Å². The van der Waals surface area contributed by atoms with Gasteiger partial charge in [-0.15, -0.1) is 0 Å². The van der Waals surface area contributed by atoms with Gasteiger partial charge in [-0.1, -0.05) is 6.92 Å². The van der Waals surface area contributed by atoms with Crippen molar-refractivity contribution in [1.82, 2.24) is 9.29 Å². The predicted octanol–water partition coefficient (Wildman–Crippen LogP) is 3.10. The Balaban J connectivity index is 1.44. The SMILES string of the molecule is CCCS(=O)(=O)N1CCC[C@H](C(=O)Nc2ccc3oc(C4CC4)nc3c2)C1. The molecule has 146 valence electrons. The Morgan fingerprint density at radius 1 is 1.33 bits per heavy atom. The molecule has 1 N–H and O–H groups in total. The molecule has 7 nitrogen and oxygen atoms in total. The van der Waals surface area contributed by atoms with Crippen molar-refractivity contribution in [2.75, 3.05) is 24.2 Å². The Labute approximate surface area is 159 Å². The molecule has 27 heavy (non-hydrogen) atoms. The number of anilines is 1. The topological polar surface area (TPSA) is 92.5 Å². The average molecular weight is 391 g/mol. The standard InChI is InChI=1S/C19H25N3O4S/c1-2-10-27(24,25)22-9-3-4-14(12-22)18(23)20-15-7-8-17-16(11-15)21-19(26-17)13-5-6-13/h7-8,11,13-14H,2-6,9-10,12H2,1H3,(H,20,23)/t14-/m0/s1. The molecular weight excluding hydrogens is 366 g/mol. The molecule has 1 atom stereocenters. The fraction of sp³-hybridized carbons (Fsp3) is 0.579. The normalized spacial score (nSPS) is 21.4. The van der Waals surface area contributed by atoms with Gasteiger partial charge < -0.3 is 9.73 Å². The van der Waals surface area contributed by atoms with E-state index in [0.29, 0.717) is 37.4 Å². The van der Waals surface area contributed by atoms with Crippen LogP contribution in [0.15, 0.2) is 22.6 Å². The lowest BCUT2D eigenvalue weighted by Crippen LogP contribution is -2.44. The van der Waals surface area contributed by atoms with Crippen molar-refractivity contribution in [2.24, 2.45) is 5.92 Å². The maximum atomic E-state index is 12.7. The molecule has 4 rings (SSSR count). The molecule has 8 heteroatoms. The lowest BCUT2D eigenvalue weighted by atomic mass is 9.98. The third-order valence-electron chi connectivity index (χ3n) is 5.21. The van der Waals surface area contributed by atoms with Crippen molar-refractivity contribution in [3.05, 3.63) is 24.1 Å². The van der Waals surface area contributed by atoms with Crippen LogP contribution in [-0.2, 0) is 14.8 Å². The number of nitrogens with one attached hydrogen (secondary N) is 1. The summed E-state index contributed by atoms with van der Waals surface area (Å²) in [6.07, 6.45) is 4.22. The number of oxazole rings is 1. The lowest BCUT2D eigenvalue weighted by molar-refractivity contribution is -0.120. The first-order valence-corrected chi connectivity index (χ1v) is 11.3. The molecule has 0 unspecified atom stereocenters. The number of amides is 1. The molecule has 2 fully saturated rings. The molecular formula is C19H25N3O4S. The molecule has 1 aliphatic carbocycles. The minimum atomic E-state index is -3.27. The highest BCUT2D eigenvalue weighted by atomic mass is 32.2. The zero-order valence-electron chi connectivity index (χ0n) is 15.5. The van der Waals surface area contributed by atoms with Crippen molar-refractivity contribution < 1.29 is 17.6 Å². The number of nitrogens with zero attached hydrogens (tertiary/aromatic N) is 2. The van der Waals surface area contributed by atoms with Crippen LogP contribution in [0.3, 0.4) is 0 Å². The zero-order chi connectivity index (χ0) is 19.0. The molecule has 2 aliphatic rings. The minimum Gasteiger partial charge on any atom is -0.440 e. The molecule has 1 aromatic heterocycles. The molecule has 1 amide bonds. The van der Waals surface area contributed by atoms with Gasteiger partial charge in [0.15, 0.2) is 11.5 Å². The number of rotatable bonds is 6. The number of fused-ring (bicyclic) bond motifs is 1. The molecule has 1 aromatic carbocycles. The molecule has 2 heterocycles. The van der Waals surface area contributed by atoms with E-state index >= 15 is 0 Å². The fourth-order valence-electron chi connectivity index (χ4n) is 3.57. The highest BCUT2D eigenvalue weighted by molar-refractivity contribution is 7.89. The van der Waals surface area contributed by atoms with Gasteiger partial charge in [0.25, 0.3) is 0 Å². The Bertz CT molecular complexity index is 949. The molecule has 1 aliphatic heterocycles. The molecule has 0 spiro atoms. The monoisotopic (exact) mass is 391 g/mol. The summed E-state index contributed by atoms with van der Waals surface area (Å²) >= 11 is 0. The van der Waals surface area contributed by atoms with Crippen molar-refractivity contribution in [3.8, 4) is 0 Å². The highest BCUT2D eigenvalue weighted by Gasteiger charge is 2.32. The first-order chi connectivity index (χ1) is 13.0. The summed E-state index contributed by atoms with van der Waals surface area (Å²) in [7, 11) is -3.27. The van der Waals surface area contributed by atoms with Crippen molar-refractivity contribution >= 4 is 32.7 Å². The van der Waals surface area contributed by atoms with E-state index in [0.717, 1.165) is 29.8 Å². The van der Waals surface area contributed by atoms with Crippen LogP contribution in [0, 0.1) is 5.92 Å². The van der Waals surface area contributed by atoms with Gasteiger partial charge in [-0.25, -0.2) is 17.7 Å². The van der Waals surface area contributed by atoms with Crippen molar-refractivity contribution in [3.63, 3.8) is 0 Å². The Morgan fingerprint density at radius 3 is 2.89 bits per heavy atom. The van der Waals surface area contributed by atoms with E-state index in [-0.39, 0.29) is 24.1 Å². The van der Waals surface area contributed by atoms with Gasteiger partial charge in [0.1, 0.15) is 5.52 Å². The number of benzene rings is 1. The van der Waals surface area contributed by atoms with Gasteiger partial charge in [-0.05, 0) is 50.3 Å². The fourth-order valence-corrected chi connectivity index (χ4v) is 5.16. The number of hydrogen-bond acceptors (Lipinski definition) is 5. The summed E-state index contributed by atoms with van der Waals surface area (Å²) in [5.41, 5.74) is 2.13. The Morgan fingerprint density at radius 2 is 2.15 bits per heavy atom. The van der Waals surface area contributed by atoms with Crippen LogP contribution < -0.4 is 5.32 Å². The van der Waals surface area contributed by atoms with Gasteiger partial charge in [0.2, 0.25) is 15.9 Å². The van der Waals surface area contributed by atoms with Crippen LogP contribution >= 0.6 is 0 Å². The summed E-state index contributed by atoms with van der Waals surface area (Å²) in [5, 5.41) is 2.92. The van der Waals surface area contributed by atoms with Crippen LogP contribution in [0.5, 0.6) is 0 Å². The highest BCUT2D eigenvalue weighted by Crippen LogP contribution is 2.40. The summed E-state index contributed by atoms with van der Waals surface area (Å²) in [5.74, 6) is 0.872. The van der Waals surface area contributed by atoms with Gasteiger partial charge in [0, 0.05) is 24.7 Å². The second-order valence-corrected chi connectivity index (χ2v) is 9.60. The van der Waals surface area contributed by atoms with Crippen LogP contribution in [0.1, 0.15) is 50.8 Å². The van der Waals surface area contributed by atoms with Crippen molar-refractivity contribution in [1.29, 1.82) is 0 Å². The lowest BCUT2D eigenvalue weighted by Gasteiger charge is -2.31. The second kappa shape index (κ2) is 7.24. The van der Waals surface area contributed by atoms with Gasteiger partial charge in [0.05, 0.1) is 11.7 Å². The third kappa shape index (κ3) is 4.01. The van der Waals surface area contributed by atoms with Gasteiger partial charge in [-0.3, -0.25) is 4.79 Å². The zero-order valence-corrected chi connectivity index (χ0v) is 16.3. The van der Waals surface area contributed by atoms with Crippen LogP contribution in [0.4, 0.5) is 5.69 Å². The van der Waals surface area contributed by atoms with E-state index in [1.54, 1.807) is 6.07 Å². The molecule has 2 aromatic rings. The first-order valence-electron chi connectivity index (χ1n) is 9.65. The van der Waals surface area contributed by atoms with Gasteiger partial charge >= 0.3 is 0 Å². The summed E-state index contributed by atoms with van der Waals surface area (Å²) in [6, 6.07) is 5.44. The minimum absolute atomic E-state index is 0.132.